The van der Waals surface area contributed by atoms with E-state index in [9.17, 15) is 9.59 Å². The van der Waals surface area contributed by atoms with Crippen molar-refractivity contribution < 1.29 is 9.59 Å². The molecule has 3 N–H and O–H groups in total. The summed E-state index contributed by atoms with van der Waals surface area (Å²) in [5.74, 6) is -0.274. The largest absolute Gasteiger partial charge is 0.399 e. The Kier molecular flexibility index (Phi) is 3.76. The Balaban J connectivity index is 1.78. The van der Waals surface area contributed by atoms with Crippen molar-refractivity contribution >= 4 is 29.1 Å². The molecule has 6 heteroatoms. The number of benzene rings is 1. The lowest BCUT2D eigenvalue weighted by Gasteiger charge is -2.24. The molecule has 112 valence electrons. The van der Waals surface area contributed by atoms with Crippen LogP contribution in [0.5, 0.6) is 0 Å². The van der Waals surface area contributed by atoms with Gasteiger partial charge in [-0.25, -0.2) is 0 Å². The van der Waals surface area contributed by atoms with Crippen molar-refractivity contribution in [2.45, 2.75) is 37.8 Å². The number of likely N-dealkylation sites (tertiary alicyclic amines) is 1. The Bertz CT molecular complexity index is 586. The first-order valence-corrected chi connectivity index (χ1v) is 7.60. The highest BCUT2D eigenvalue weighted by Crippen LogP contribution is 2.26. The third kappa shape index (κ3) is 2.97. The second-order valence-corrected chi connectivity index (χ2v) is 6.09. The van der Waals surface area contributed by atoms with E-state index in [1.165, 1.54) is 0 Å². The number of nitrogens with two attached hydrogens (primary N) is 1. The summed E-state index contributed by atoms with van der Waals surface area (Å²) in [4.78, 5) is 26.5. The number of nitrogens with one attached hydrogen (secondary N) is 1. The highest BCUT2D eigenvalue weighted by atomic mass is 35.5. The van der Waals surface area contributed by atoms with Crippen LogP contribution in [0, 0.1) is 0 Å². The lowest BCUT2D eigenvalue weighted by Crippen LogP contribution is -2.46. The number of hydrogen-bond acceptors (Lipinski definition) is 3. The minimum atomic E-state index is -0.393. The van der Waals surface area contributed by atoms with Crippen LogP contribution >= 0.6 is 11.6 Å². The molecule has 0 aromatic heterocycles. The molecule has 2 aliphatic rings. The average Bonchev–Trinajstić information content (AvgIpc) is 3.13. The Hall–Kier alpha value is -1.75. The fourth-order valence-electron chi connectivity index (χ4n) is 2.67. The van der Waals surface area contributed by atoms with Gasteiger partial charge in [0.15, 0.2) is 0 Å². The molecule has 0 spiro atoms. The molecule has 0 bridgehead atoms. The maximum Gasteiger partial charge on any atom is 0.256 e. The average molecular weight is 308 g/mol. The van der Waals surface area contributed by atoms with Gasteiger partial charge in [-0.05, 0) is 43.9 Å². The van der Waals surface area contributed by atoms with Crippen LogP contribution in [0.15, 0.2) is 18.2 Å². The molecule has 1 aromatic rings. The van der Waals surface area contributed by atoms with E-state index in [0.29, 0.717) is 35.3 Å². The van der Waals surface area contributed by atoms with Crippen molar-refractivity contribution in [3.05, 3.63) is 28.8 Å². The van der Waals surface area contributed by atoms with Gasteiger partial charge in [0.1, 0.15) is 6.04 Å². The number of nitrogen functional groups attached to an aromatic ring is 1. The Labute approximate surface area is 128 Å². The van der Waals surface area contributed by atoms with Crippen LogP contribution in [0.1, 0.15) is 36.0 Å². The van der Waals surface area contributed by atoms with Gasteiger partial charge in [0, 0.05) is 18.3 Å². The van der Waals surface area contributed by atoms with Crippen LogP contribution in [0.2, 0.25) is 5.02 Å². The second kappa shape index (κ2) is 5.56. The van der Waals surface area contributed by atoms with Gasteiger partial charge in [-0.15, -0.1) is 0 Å². The topological polar surface area (TPSA) is 75.4 Å². The van der Waals surface area contributed by atoms with Crippen molar-refractivity contribution in [2.24, 2.45) is 0 Å². The molecule has 2 fully saturated rings. The summed E-state index contributed by atoms with van der Waals surface area (Å²) in [6.45, 7) is 0.576. The molecule has 1 atom stereocenters. The van der Waals surface area contributed by atoms with E-state index < -0.39 is 6.04 Å². The fraction of sp³-hybridized carbons (Fsp3) is 0.467. The minimum absolute atomic E-state index is 0.0524. The van der Waals surface area contributed by atoms with Crippen LogP contribution in [0.4, 0.5) is 5.69 Å². The van der Waals surface area contributed by atoms with Crippen LogP contribution in [-0.2, 0) is 4.79 Å². The number of carbonyl (C=O) groups is 2. The molecule has 5 nitrogen and oxygen atoms in total. The van der Waals surface area contributed by atoms with Crippen molar-refractivity contribution in [3.63, 3.8) is 0 Å². The number of hydrogen-bond donors (Lipinski definition) is 2. The zero-order valence-electron chi connectivity index (χ0n) is 11.6. The molecule has 3 rings (SSSR count). The molecule has 1 aromatic carbocycles. The molecular formula is C15H18ClN3O2. The predicted molar refractivity (Wildman–Crippen MR) is 81.1 cm³/mol. The summed E-state index contributed by atoms with van der Waals surface area (Å²) >= 11 is 6.09. The third-order valence-corrected chi connectivity index (χ3v) is 4.29. The predicted octanol–water partition coefficient (Wildman–Crippen LogP) is 1.81. The van der Waals surface area contributed by atoms with Crippen LogP contribution in [0.25, 0.3) is 0 Å². The SMILES string of the molecule is Nc1ccc(Cl)c(C(=O)N2CCCC2C(=O)NC2CC2)c1. The van der Waals surface area contributed by atoms with Gasteiger partial charge in [-0.3, -0.25) is 9.59 Å². The van der Waals surface area contributed by atoms with E-state index in [1.807, 2.05) is 0 Å². The molecule has 1 saturated heterocycles. The maximum absolute atomic E-state index is 12.6. The lowest BCUT2D eigenvalue weighted by molar-refractivity contribution is -0.125. The molecule has 2 amide bonds. The van der Waals surface area contributed by atoms with E-state index in [2.05, 4.69) is 5.32 Å². The Morgan fingerprint density at radius 3 is 2.76 bits per heavy atom. The minimum Gasteiger partial charge on any atom is -0.399 e. The lowest BCUT2D eigenvalue weighted by atomic mass is 10.1. The first kappa shape index (κ1) is 14.2. The molecule has 1 heterocycles. The molecule has 1 saturated carbocycles. The number of halogens is 1. The molecule has 1 unspecified atom stereocenters. The smallest absolute Gasteiger partial charge is 0.256 e. The van der Waals surface area contributed by atoms with Gasteiger partial charge in [0.05, 0.1) is 10.6 Å². The number of anilines is 1. The van der Waals surface area contributed by atoms with Gasteiger partial charge >= 0.3 is 0 Å². The van der Waals surface area contributed by atoms with Crippen molar-refractivity contribution in [2.75, 3.05) is 12.3 Å². The number of amides is 2. The molecule has 0 radical (unpaired) electrons. The summed E-state index contributed by atoms with van der Waals surface area (Å²) in [6, 6.07) is 4.74. The Morgan fingerprint density at radius 1 is 1.29 bits per heavy atom. The molecular weight excluding hydrogens is 290 g/mol. The molecule has 21 heavy (non-hydrogen) atoms. The number of nitrogens with zero attached hydrogens (tertiary/aromatic N) is 1. The number of rotatable bonds is 3. The quantitative estimate of drug-likeness (QED) is 0.836. The maximum atomic E-state index is 12.6. The van der Waals surface area contributed by atoms with E-state index in [-0.39, 0.29) is 11.8 Å². The summed E-state index contributed by atoms with van der Waals surface area (Å²) in [7, 11) is 0. The fourth-order valence-corrected chi connectivity index (χ4v) is 2.87. The highest BCUT2D eigenvalue weighted by molar-refractivity contribution is 6.34. The normalized spacial score (nSPS) is 21.4. The zero-order valence-corrected chi connectivity index (χ0v) is 12.4. The monoisotopic (exact) mass is 307 g/mol. The van der Waals surface area contributed by atoms with Crippen molar-refractivity contribution in [1.29, 1.82) is 0 Å². The van der Waals surface area contributed by atoms with Gasteiger partial charge < -0.3 is 16.0 Å². The number of carbonyl (C=O) groups excluding carboxylic acids is 2. The zero-order chi connectivity index (χ0) is 15.0. The van der Waals surface area contributed by atoms with Crippen molar-refractivity contribution in [3.8, 4) is 0 Å². The summed E-state index contributed by atoms with van der Waals surface area (Å²) in [5.41, 5.74) is 6.57. The van der Waals surface area contributed by atoms with E-state index >= 15 is 0 Å². The van der Waals surface area contributed by atoms with E-state index in [0.717, 1.165) is 19.3 Å². The van der Waals surface area contributed by atoms with Gasteiger partial charge in [0.2, 0.25) is 5.91 Å². The van der Waals surface area contributed by atoms with Gasteiger partial charge in [-0.1, -0.05) is 11.6 Å². The summed E-state index contributed by atoms with van der Waals surface area (Å²) in [5, 5.41) is 3.33. The first-order chi connectivity index (χ1) is 10.1. The molecule has 1 aliphatic carbocycles. The second-order valence-electron chi connectivity index (χ2n) is 5.68. The first-order valence-electron chi connectivity index (χ1n) is 7.22. The van der Waals surface area contributed by atoms with Gasteiger partial charge in [0.25, 0.3) is 5.91 Å². The van der Waals surface area contributed by atoms with Crippen LogP contribution < -0.4 is 11.1 Å². The highest BCUT2D eigenvalue weighted by Gasteiger charge is 2.37. The van der Waals surface area contributed by atoms with E-state index in [1.54, 1.807) is 23.1 Å². The van der Waals surface area contributed by atoms with Gasteiger partial charge in [-0.2, -0.15) is 0 Å². The summed E-state index contributed by atoms with van der Waals surface area (Å²) in [6.07, 6.45) is 3.60. The Morgan fingerprint density at radius 2 is 2.05 bits per heavy atom. The molecule has 1 aliphatic heterocycles. The summed E-state index contributed by atoms with van der Waals surface area (Å²) < 4.78 is 0. The third-order valence-electron chi connectivity index (χ3n) is 3.96. The standard InChI is InChI=1S/C15H18ClN3O2/c16-12-6-3-9(17)8-11(12)15(21)19-7-1-2-13(19)14(20)18-10-4-5-10/h3,6,8,10,13H,1-2,4-5,7,17H2,(H,18,20). The van der Waals surface area contributed by atoms with Crippen LogP contribution in [0.3, 0.4) is 0 Å². The van der Waals surface area contributed by atoms with Crippen molar-refractivity contribution in [1.82, 2.24) is 10.2 Å². The van der Waals surface area contributed by atoms with E-state index in [4.69, 9.17) is 17.3 Å². The van der Waals surface area contributed by atoms with Crippen LogP contribution in [-0.4, -0.2) is 35.3 Å².